The molecule has 0 spiro atoms. The van der Waals surface area contributed by atoms with Crippen LogP contribution in [0.15, 0.2) is 24.3 Å². The smallest absolute Gasteiger partial charge is 0.0584 e. The topological polar surface area (TPSA) is 61.8 Å². The molecule has 0 fully saturated rings. The molecule has 0 bridgehead atoms. The van der Waals surface area contributed by atoms with Crippen LogP contribution < -0.4 is 5.17 Å². The van der Waals surface area contributed by atoms with E-state index in [1.165, 1.54) is 0 Å². The van der Waals surface area contributed by atoms with E-state index >= 15 is 0 Å². The van der Waals surface area contributed by atoms with E-state index in [0.717, 1.165) is 12.7 Å². The van der Waals surface area contributed by atoms with Crippen LogP contribution in [-0.4, -0.2) is 12.4 Å². The highest BCUT2D eigenvalue weighted by Crippen LogP contribution is 2.15. The van der Waals surface area contributed by atoms with E-state index in [0.29, 0.717) is 0 Å². The summed E-state index contributed by atoms with van der Waals surface area (Å²) in [7, 11) is 1.13. The fourth-order valence-corrected chi connectivity index (χ4v) is 0.841. The van der Waals surface area contributed by atoms with Gasteiger partial charge in [0.1, 0.15) is 0 Å². The Morgan fingerprint density at radius 1 is 1.15 bits per heavy atom. The van der Waals surface area contributed by atoms with Crippen molar-refractivity contribution in [3.8, 4) is 0 Å². The van der Waals surface area contributed by atoms with E-state index in [-0.39, 0.29) is 16.2 Å². The molecular formula is C8H10N2O3-2. The van der Waals surface area contributed by atoms with Gasteiger partial charge in [-0.2, -0.15) is 5.34 Å². The number of hydrogen-bond donors (Lipinski definition) is 0. The molecule has 0 amide bonds. The quantitative estimate of drug-likeness (QED) is 0.664. The normalized spacial score (nSPS) is 10.5. The van der Waals surface area contributed by atoms with Crippen molar-refractivity contribution in [2.45, 2.75) is 6.92 Å². The third kappa shape index (κ3) is 2.40. The first-order valence-corrected chi connectivity index (χ1v) is 3.70. The van der Waals surface area contributed by atoms with Crippen molar-refractivity contribution >= 4 is 5.69 Å². The maximum Gasteiger partial charge on any atom is 0.0584 e. The fourth-order valence-electron chi connectivity index (χ4n) is 0.841. The molecule has 0 N–H and O–H groups in total. The molecule has 0 saturated heterocycles. The predicted molar refractivity (Wildman–Crippen MR) is 49.2 cm³/mol. The van der Waals surface area contributed by atoms with Crippen molar-refractivity contribution in [1.82, 2.24) is 5.34 Å². The summed E-state index contributed by atoms with van der Waals surface area (Å²) in [6, 6.07) is 6.58. The molecule has 5 heteroatoms. The van der Waals surface area contributed by atoms with Gasteiger partial charge in [-0.15, -0.1) is 0 Å². The van der Waals surface area contributed by atoms with Crippen LogP contribution in [0.4, 0.5) is 5.69 Å². The molecule has 0 aliphatic heterocycles. The lowest BCUT2D eigenvalue weighted by Crippen LogP contribution is -2.32. The van der Waals surface area contributed by atoms with Crippen molar-refractivity contribution in [3.63, 3.8) is 0 Å². The number of aryl methyl sites for hydroxylation is 1. The second-order valence-electron chi connectivity index (χ2n) is 2.53. The van der Waals surface area contributed by atoms with E-state index in [9.17, 15) is 10.4 Å². The Hall–Kier alpha value is -1.14. The van der Waals surface area contributed by atoms with Gasteiger partial charge in [0.15, 0.2) is 0 Å². The summed E-state index contributed by atoms with van der Waals surface area (Å²) in [6.45, 7) is 1.89. The zero-order valence-electron chi connectivity index (χ0n) is 7.43. The van der Waals surface area contributed by atoms with E-state index in [4.69, 9.17) is 0 Å². The number of rotatable bonds is 3. The highest BCUT2D eigenvalue weighted by molar-refractivity contribution is 5.46. The molecule has 0 radical (unpaired) electrons. The first-order chi connectivity index (χ1) is 6.15. The molecule has 0 unspecified atom stereocenters. The average Bonchev–Trinajstić information content (AvgIpc) is 2.17. The Bertz CT molecular complexity index is 263. The summed E-state index contributed by atoms with van der Waals surface area (Å²) in [6.07, 6.45) is 0. The van der Waals surface area contributed by atoms with Crippen molar-refractivity contribution < 1.29 is 4.84 Å². The summed E-state index contributed by atoms with van der Waals surface area (Å²) in [5, 5.41) is 21.8. The first-order valence-electron chi connectivity index (χ1n) is 3.70. The number of hydrogen-bond acceptors (Lipinski definition) is 5. The average molecular weight is 182 g/mol. The first kappa shape index (κ1) is 9.94. The van der Waals surface area contributed by atoms with Gasteiger partial charge >= 0.3 is 0 Å². The highest BCUT2D eigenvalue weighted by Gasteiger charge is 1.95. The molecule has 13 heavy (non-hydrogen) atoms. The van der Waals surface area contributed by atoms with Crippen LogP contribution in [0, 0.1) is 17.3 Å². The second kappa shape index (κ2) is 4.20. The number of hydrazine groups is 1. The van der Waals surface area contributed by atoms with Gasteiger partial charge in [0.2, 0.25) is 0 Å². The molecule has 0 heterocycles. The minimum absolute atomic E-state index is 0.124. The third-order valence-corrected chi connectivity index (χ3v) is 1.56. The van der Waals surface area contributed by atoms with Crippen LogP contribution in [-0.2, 0) is 4.84 Å². The molecule has 0 atom stereocenters. The summed E-state index contributed by atoms with van der Waals surface area (Å²) in [5.41, 5.74) is 1.26. The molecular weight excluding hydrogens is 172 g/mol. The SMILES string of the molecule is CON([O-])N([O-])c1ccc(C)cc1. The maximum absolute atomic E-state index is 11.1. The third-order valence-electron chi connectivity index (χ3n) is 1.56. The Morgan fingerprint density at radius 3 is 2.15 bits per heavy atom. The van der Waals surface area contributed by atoms with Gasteiger partial charge in [0.05, 0.1) is 7.11 Å². The molecule has 5 nitrogen and oxygen atoms in total. The summed E-state index contributed by atoms with van der Waals surface area (Å²) < 4.78 is 0. The van der Waals surface area contributed by atoms with E-state index in [1.54, 1.807) is 24.3 Å². The molecule has 0 aromatic heterocycles. The number of benzene rings is 1. The predicted octanol–water partition coefficient (Wildman–Crippen LogP) is 1.58. The molecule has 72 valence electrons. The molecule has 1 aromatic carbocycles. The molecule has 0 aliphatic rings. The van der Waals surface area contributed by atoms with Gasteiger partial charge in [-0.25, -0.2) is 0 Å². The largest absolute Gasteiger partial charge is 0.744 e. The second-order valence-corrected chi connectivity index (χ2v) is 2.53. The lowest BCUT2D eigenvalue weighted by molar-refractivity contribution is -0.0892. The van der Waals surface area contributed by atoms with Gasteiger partial charge < -0.3 is 15.6 Å². The Balaban J connectivity index is 2.77. The minimum Gasteiger partial charge on any atom is -0.744 e. The van der Waals surface area contributed by atoms with E-state index in [1.807, 2.05) is 6.92 Å². The molecule has 1 aromatic rings. The van der Waals surface area contributed by atoms with Crippen molar-refractivity contribution in [1.29, 1.82) is 0 Å². The Morgan fingerprint density at radius 2 is 1.69 bits per heavy atom. The zero-order valence-corrected chi connectivity index (χ0v) is 7.43. The molecule has 0 aliphatic carbocycles. The monoisotopic (exact) mass is 182 g/mol. The van der Waals surface area contributed by atoms with Crippen LogP contribution >= 0.6 is 0 Å². The summed E-state index contributed by atoms with van der Waals surface area (Å²) >= 11 is 0. The number of nitrogens with zero attached hydrogens (tertiary/aromatic N) is 2. The fraction of sp³-hybridized carbons (Fsp3) is 0.250. The van der Waals surface area contributed by atoms with Gasteiger partial charge in [-0.05, 0) is 19.1 Å². The lowest BCUT2D eigenvalue weighted by Gasteiger charge is -2.43. The summed E-state index contributed by atoms with van der Waals surface area (Å²) in [5.74, 6) is 0. The maximum atomic E-state index is 11.1. The van der Waals surface area contributed by atoms with Crippen molar-refractivity contribution in [3.05, 3.63) is 40.2 Å². The van der Waals surface area contributed by atoms with E-state index in [2.05, 4.69) is 4.84 Å². The van der Waals surface area contributed by atoms with Gasteiger partial charge in [-0.1, -0.05) is 17.7 Å². The van der Waals surface area contributed by atoms with Gasteiger partial charge in [-0.3, -0.25) is 4.84 Å². The van der Waals surface area contributed by atoms with Crippen LogP contribution in [0.5, 0.6) is 0 Å². The van der Waals surface area contributed by atoms with Crippen molar-refractivity contribution in [2.24, 2.45) is 0 Å². The van der Waals surface area contributed by atoms with Crippen LogP contribution in [0.2, 0.25) is 0 Å². The lowest BCUT2D eigenvalue weighted by atomic mass is 10.2. The summed E-state index contributed by atoms with van der Waals surface area (Å²) in [4.78, 5) is 4.19. The van der Waals surface area contributed by atoms with Gasteiger partial charge in [0.25, 0.3) is 0 Å². The van der Waals surface area contributed by atoms with E-state index < -0.39 is 0 Å². The molecule has 1 rings (SSSR count). The van der Waals surface area contributed by atoms with Crippen molar-refractivity contribution in [2.75, 3.05) is 12.3 Å². The Kier molecular flexibility index (Phi) is 3.21. The van der Waals surface area contributed by atoms with Crippen LogP contribution in [0.1, 0.15) is 5.56 Å². The standard InChI is InChI=1S/C8H10N2O3/c1-7-3-5-8(6-4-7)9(11)10(12)13-2/h3-6H,1-2H3/q-2. The zero-order chi connectivity index (χ0) is 9.84. The van der Waals surface area contributed by atoms with Gasteiger partial charge in [0, 0.05) is 5.69 Å². The number of anilines is 1. The van der Waals surface area contributed by atoms with Crippen LogP contribution in [0.25, 0.3) is 0 Å². The van der Waals surface area contributed by atoms with Crippen LogP contribution in [0.3, 0.4) is 0 Å². The minimum atomic E-state index is -0.134. The molecule has 0 saturated carbocycles. The highest BCUT2D eigenvalue weighted by atomic mass is 17.0. The Labute approximate surface area is 76.2 Å².